The van der Waals surface area contributed by atoms with Crippen molar-refractivity contribution in [3.63, 3.8) is 0 Å². The third-order valence-corrected chi connectivity index (χ3v) is 4.44. The van der Waals surface area contributed by atoms with Crippen molar-refractivity contribution < 1.29 is 9.18 Å². The zero-order chi connectivity index (χ0) is 18.5. The Hall–Kier alpha value is -3.20. The molecule has 0 saturated heterocycles. The summed E-state index contributed by atoms with van der Waals surface area (Å²) in [6, 6.07) is 14.6. The molecule has 2 aromatic carbocycles. The molecule has 0 unspecified atom stereocenters. The van der Waals surface area contributed by atoms with Gasteiger partial charge in [0.1, 0.15) is 11.1 Å². The van der Waals surface area contributed by atoms with E-state index in [2.05, 4.69) is 20.3 Å². The molecule has 26 heavy (non-hydrogen) atoms. The van der Waals surface area contributed by atoms with Gasteiger partial charge in [0.15, 0.2) is 5.16 Å². The van der Waals surface area contributed by atoms with Crippen LogP contribution in [-0.2, 0) is 4.79 Å². The van der Waals surface area contributed by atoms with E-state index in [1.165, 1.54) is 24.3 Å². The molecule has 3 rings (SSSR count). The van der Waals surface area contributed by atoms with Crippen LogP contribution in [0.2, 0.25) is 0 Å². The van der Waals surface area contributed by atoms with Crippen LogP contribution in [0.3, 0.4) is 0 Å². The zero-order valence-corrected chi connectivity index (χ0v) is 14.3. The van der Waals surface area contributed by atoms with Crippen LogP contribution in [0.4, 0.5) is 22.0 Å². The second-order valence-corrected chi connectivity index (χ2v) is 6.31. The summed E-state index contributed by atoms with van der Waals surface area (Å²) >= 11 is 1.09. The molecule has 0 aliphatic heterocycles. The number of thioether (sulfide) groups is 1. The number of amides is 1. The Morgan fingerprint density at radius 2 is 1.58 bits per heavy atom. The molecule has 0 radical (unpaired) electrons. The van der Waals surface area contributed by atoms with E-state index >= 15 is 0 Å². The molecule has 0 fully saturated rings. The van der Waals surface area contributed by atoms with Gasteiger partial charge in [-0.1, -0.05) is 42.1 Å². The highest BCUT2D eigenvalue weighted by Gasteiger charge is 2.24. The van der Waals surface area contributed by atoms with Crippen LogP contribution in [0.15, 0.2) is 59.8 Å². The van der Waals surface area contributed by atoms with E-state index in [0.29, 0.717) is 5.69 Å². The first kappa shape index (κ1) is 17.6. The summed E-state index contributed by atoms with van der Waals surface area (Å²) in [5.41, 5.74) is 12.4. The van der Waals surface area contributed by atoms with Crippen molar-refractivity contribution in [1.29, 1.82) is 0 Å². The summed E-state index contributed by atoms with van der Waals surface area (Å²) in [5.74, 6) is -0.741. The third-order valence-electron chi connectivity index (χ3n) is 3.32. The zero-order valence-electron chi connectivity index (χ0n) is 13.5. The average Bonchev–Trinajstić information content (AvgIpc) is 2.61. The molecule has 1 atom stereocenters. The number of carbonyl (C=O) groups excluding carboxylic acids is 1. The van der Waals surface area contributed by atoms with E-state index in [9.17, 15) is 9.18 Å². The van der Waals surface area contributed by atoms with Gasteiger partial charge in [-0.15, -0.1) is 0 Å². The van der Waals surface area contributed by atoms with E-state index in [-0.39, 0.29) is 28.8 Å². The minimum atomic E-state index is -0.664. The molecule has 1 heterocycles. The molecular weight excluding hydrogens is 355 g/mol. The SMILES string of the molecule is Nc1nc(N)nc(S[C@@H](C(=O)Nc2ccc(F)cc2)c2ccccc2)n1. The lowest BCUT2D eigenvalue weighted by molar-refractivity contribution is -0.115. The Morgan fingerprint density at radius 3 is 2.19 bits per heavy atom. The quantitative estimate of drug-likeness (QED) is 0.591. The Balaban J connectivity index is 1.87. The van der Waals surface area contributed by atoms with Crippen LogP contribution in [0, 0.1) is 5.82 Å². The van der Waals surface area contributed by atoms with Crippen LogP contribution >= 0.6 is 11.8 Å². The molecule has 132 valence electrons. The maximum atomic E-state index is 13.0. The van der Waals surface area contributed by atoms with Crippen LogP contribution in [0.5, 0.6) is 0 Å². The summed E-state index contributed by atoms with van der Waals surface area (Å²) in [6.45, 7) is 0. The monoisotopic (exact) mass is 370 g/mol. The second-order valence-electron chi connectivity index (χ2n) is 5.24. The van der Waals surface area contributed by atoms with Gasteiger partial charge < -0.3 is 16.8 Å². The molecule has 1 amide bonds. The molecule has 0 spiro atoms. The largest absolute Gasteiger partial charge is 0.368 e. The predicted octanol–water partition coefficient (Wildman–Crippen LogP) is 2.65. The summed E-state index contributed by atoms with van der Waals surface area (Å²) in [4.78, 5) is 24.6. The molecule has 7 nitrogen and oxygen atoms in total. The van der Waals surface area contributed by atoms with Crippen molar-refractivity contribution in [3.8, 4) is 0 Å². The predicted molar refractivity (Wildman–Crippen MR) is 98.7 cm³/mol. The summed E-state index contributed by atoms with van der Waals surface area (Å²) < 4.78 is 13.0. The van der Waals surface area contributed by atoms with Crippen molar-refractivity contribution >= 4 is 35.3 Å². The smallest absolute Gasteiger partial charge is 0.242 e. The summed E-state index contributed by atoms with van der Waals surface area (Å²) in [6.07, 6.45) is 0. The van der Waals surface area contributed by atoms with Gasteiger partial charge in [0, 0.05) is 5.69 Å². The van der Waals surface area contributed by atoms with Gasteiger partial charge >= 0.3 is 0 Å². The van der Waals surface area contributed by atoms with Crippen LogP contribution in [-0.4, -0.2) is 20.9 Å². The van der Waals surface area contributed by atoms with E-state index < -0.39 is 5.25 Å². The highest BCUT2D eigenvalue weighted by molar-refractivity contribution is 8.00. The van der Waals surface area contributed by atoms with Gasteiger partial charge in [0.25, 0.3) is 0 Å². The maximum Gasteiger partial charge on any atom is 0.242 e. The van der Waals surface area contributed by atoms with Gasteiger partial charge in [-0.25, -0.2) is 4.39 Å². The van der Waals surface area contributed by atoms with Gasteiger partial charge in [0.2, 0.25) is 17.8 Å². The number of nitrogens with zero attached hydrogens (tertiary/aromatic N) is 3. The average molecular weight is 370 g/mol. The third kappa shape index (κ3) is 4.45. The first-order valence-electron chi connectivity index (χ1n) is 7.56. The number of nitrogens with two attached hydrogens (primary N) is 2. The number of aromatic nitrogens is 3. The van der Waals surface area contributed by atoms with E-state index in [4.69, 9.17) is 11.5 Å². The minimum Gasteiger partial charge on any atom is -0.368 e. The number of carbonyl (C=O) groups is 1. The Morgan fingerprint density at radius 1 is 0.962 bits per heavy atom. The Bertz CT molecular complexity index is 887. The molecule has 9 heteroatoms. The summed E-state index contributed by atoms with van der Waals surface area (Å²) in [7, 11) is 0. The lowest BCUT2D eigenvalue weighted by Crippen LogP contribution is -2.19. The number of anilines is 3. The van der Waals surface area contributed by atoms with Crippen LogP contribution in [0.25, 0.3) is 0 Å². The number of nitrogen functional groups attached to an aromatic ring is 2. The van der Waals surface area contributed by atoms with E-state index in [1.54, 1.807) is 0 Å². The van der Waals surface area contributed by atoms with Crippen molar-refractivity contribution in [2.45, 2.75) is 10.4 Å². The Labute approximate surface area is 153 Å². The van der Waals surface area contributed by atoms with Crippen molar-refractivity contribution in [3.05, 3.63) is 66.0 Å². The van der Waals surface area contributed by atoms with Crippen LogP contribution < -0.4 is 16.8 Å². The van der Waals surface area contributed by atoms with Crippen molar-refractivity contribution in [2.75, 3.05) is 16.8 Å². The number of hydrogen-bond donors (Lipinski definition) is 3. The maximum absolute atomic E-state index is 13.0. The van der Waals surface area contributed by atoms with E-state index in [1.807, 2.05) is 30.3 Å². The lowest BCUT2D eigenvalue weighted by atomic mass is 10.1. The topological polar surface area (TPSA) is 120 Å². The molecule has 0 saturated carbocycles. The number of nitrogens with one attached hydrogen (secondary N) is 1. The van der Waals surface area contributed by atoms with Gasteiger partial charge in [-0.3, -0.25) is 4.79 Å². The highest BCUT2D eigenvalue weighted by atomic mass is 32.2. The van der Waals surface area contributed by atoms with Gasteiger partial charge in [-0.2, -0.15) is 15.0 Å². The number of hydrogen-bond acceptors (Lipinski definition) is 7. The number of benzene rings is 2. The normalized spacial score (nSPS) is 11.7. The molecule has 0 aliphatic carbocycles. The first-order valence-corrected chi connectivity index (χ1v) is 8.44. The van der Waals surface area contributed by atoms with Gasteiger partial charge in [0.05, 0.1) is 0 Å². The molecule has 1 aromatic heterocycles. The standard InChI is InChI=1S/C17H15FN6OS/c18-11-6-8-12(9-7-11)21-14(25)13(10-4-2-1-3-5-10)26-17-23-15(19)22-16(20)24-17/h1-9,13H,(H,21,25)(H4,19,20,22,23,24)/t13-/m1/s1. The first-order chi connectivity index (χ1) is 12.5. The van der Waals surface area contributed by atoms with E-state index in [0.717, 1.165) is 17.3 Å². The lowest BCUT2D eigenvalue weighted by Gasteiger charge is -2.16. The molecular formula is C17H15FN6OS. The van der Waals surface area contributed by atoms with Crippen LogP contribution in [0.1, 0.15) is 10.8 Å². The van der Waals surface area contributed by atoms with Crippen molar-refractivity contribution in [1.82, 2.24) is 15.0 Å². The fraction of sp³-hybridized carbons (Fsp3) is 0.0588. The molecule has 0 bridgehead atoms. The number of rotatable bonds is 5. The fourth-order valence-corrected chi connectivity index (χ4v) is 3.15. The van der Waals surface area contributed by atoms with Crippen molar-refractivity contribution in [2.24, 2.45) is 0 Å². The molecule has 5 N–H and O–H groups in total. The summed E-state index contributed by atoms with van der Waals surface area (Å²) in [5, 5.41) is 2.33. The molecule has 0 aliphatic rings. The Kier molecular flexibility index (Phi) is 5.28. The minimum absolute atomic E-state index is 0.0224. The fourth-order valence-electron chi connectivity index (χ4n) is 2.19. The highest BCUT2D eigenvalue weighted by Crippen LogP contribution is 2.34. The second kappa shape index (κ2) is 7.79. The number of halogens is 1. The van der Waals surface area contributed by atoms with Gasteiger partial charge in [-0.05, 0) is 29.8 Å². The molecule has 3 aromatic rings.